The van der Waals surface area contributed by atoms with Crippen molar-refractivity contribution in [3.63, 3.8) is 0 Å². The number of benzene rings is 2. The molecule has 0 unspecified atom stereocenters. The number of carbonyl (C=O) groups excluding carboxylic acids is 1. The first-order valence-electron chi connectivity index (χ1n) is 6.69. The lowest BCUT2D eigenvalue weighted by atomic mass is 10.1. The van der Waals surface area contributed by atoms with Crippen LogP contribution in [0.3, 0.4) is 0 Å². The molecule has 2 aromatic rings. The van der Waals surface area contributed by atoms with Crippen molar-refractivity contribution < 1.29 is 19.4 Å². The molecule has 0 heterocycles. The third-order valence-electron chi connectivity index (χ3n) is 2.95. The normalized spacial score (nSPS) is 10.2. The molecule has 0 radical (unpaired) electrons. The van der Waals surface area contributed by atoms with E-state index in [0.717, 1.165) is 0 Å². The van der Waals surface area contributed by atoms with Crippen molar-refractivity contribution in [2.24, 2.45) is 0 Å². The molecule has 7 heteroatoms. The molecule has 23 heavy (non-hydrogen) atoms. The number of carboxylic acids is 1. The second-order valence-electron chi connectivity index (χ2n) is 4.52. The van der Waals surface area contributed by atoms with Crippen molar-refractivity contribution in [3.05, 3.63) is 57.0 Å². The summed E-state index contributed by atoms with van der Waals surface area (Å²) >= 11 is 9.18. The minimum absolute atomic E-state index is 0.0456. The van der Waals surface area contributed by atoms with Gasteiger partial charge in [0.05, 0.1) is 23.4 Å². The summed E-state index contributed by atoms with van der Waals surface area (Å²) in [6.07, 6.45) is 0. The minimum atomic E-state index is -1.16. The van der Waals surface area contributed by atoms with E-state index < -0.39 is 11.9 Å². The van der Waals surface area contributed by atoms with E-state index in [1.165, 1.54) is 18.2 Å². The van der Waals surface area contributed by atoms with Crippen LogP contribution >= 0.6 is 27.5 Å². The summed E-state index contributed by atoms with van der Waals surface area (Å²) in [5.74, 6) is -1.23. The highest BCUT2D eigenvalue weighted by molar-refractivity contribution is 9.10. The second-order valence-corrected chi connectivity index (χ2v) is 5.87. The Hall–Kier alpha value is -2.05. The number of aromatic carboxylic acids is 1. The topological polar surface area (TPSA) is 75.6 Å². The second kappa shape index (κ2) is 7.48. The van der Waals surface area contributed by atoms with Crippen LogP contribution in [0, 0.1) is 0 Å². The van der Waals surface area contributed by atoms with Gasteiger partial charge in [-0.2, -0.15) is 0 Å². The van der Waals surface area contributed by atoms with Crippen molar-refractivity contribution in [2.45, 2.75) is 6.92 Å². The molecule has 0 spiro atoms. The summed E-state index contributed by atoms with van der Waals surface area (Å²) in [6, 6.07) is 9.20. The van der Waals surface area contributed by atoms with E-state index in [2.05, 4.69) is 21.2 Å². The van der Waals surface area contributed by atoms with Crippen LogP contribution in [-0.2, 0) is 0 Å². The lowest BCUT2D eigenvalue weighted by Crippen LogP contribution is -2.16. The third-order valence-corrected chi connectivity index (χ3v) is 3.67. The van der Waals surface area contributed by atoms with Crippen LogP contribution in [0.25, 0.3) is 0 Å². The fourth-order valence-corrected chi connectivity index (χ4v) is 2.49. The number of ether oxygens (including phenoxy) is 1. The van der Waals surface area contributed by atoms with E-state index in [-0.39, 0.29) is 16.8 Å². The number of amides is 1. The molecule has 1 amide bonds. The zero-order chi connectivity index (χ0) is 17.0. The largest absolute Gasteiger partial charge is 0.493 e. The molecule has 5 nitrogen and oxygen atoms in total. The Bertz CT molecular complexity index is 764. The smallest absolute Gasteiger partial charge is 0.337 e. The first kappa shape index (κ1) is 17.3. The highest BCUT2D eigenvalue weighted by Crippen LogP contribution is 2.26. The quantitative estimate of drug-likeness (QED) is 0.780. The summed E-state index contributed by atoms with van der Waals surface area (Å²) < 4.78 is 6.13. The Morgan fingerprint density at radius 3 is 2.61 bits per heavy atom. The molecule has 0 aromatic heterocycles. The van der Waals surface area contributed by atoms with Gasteiger partial charge in [-0.3, -0.25) is 4.79 Å². The van der Waals surface area contributed by atoms with Crippen molar-refractivity contribution in [2.75, 3.05) is 11.9 Å². The molecule has 0 aliphatic heterocycles. The number of hydrogen-bond donors (Lipinski definition) is 2. The average Bonchev–Trinajstić information content (AvgIpc) is 2.49. The van der Waals surface area contributed by atoms with Gasteiger partial charge in [0, 0.05) is 9.50 Å². The molecule has 0 aliphatic carbocycles. The predicted molar refractivity (Wildman–Crippen MR) is 91.7 cm³/mol. The van der Waals surface area contributed by atoms with E-state index in [9.17, 15) is 14.7 Å². The van der Waals surface area contributed by atoms with E-state index >= 15 is 0 Å². The molecule has 0 atom stereocenters. The molecular formula is C16H13BrClNO4. The van der Waals surface area contributed by atoms with Gasteiger partial charge in [-0.15, -0.1) is 0 Å². The van der Waals surface area contributed by atoms with E-state index in [4.69, 9.17) is 16.3 Å². The molecular weight excluding hydrogens is 386 g/mol. The van der Waals surface area contributed by atoms with Crippen LogP contribution in [0.1, 0.15) is 27.6 Å². The van der Waals surface area contributed by atoms with Crippen LogP contribution in [0.4, 0.5) is 5.69 Å². The van der Waals surface area contributed by atoms with E-state index in [0.29, 0.717) is 21.9 Å². The average molecular weight is 399 g/mol. The molecule has 120 valence electrons. The monoisotopic (exact) mass is 397 g/mol. The van der Waals surface area contributed by atoms with Crippen LogP contribution in [0.5, 0.6) is 5.75 Å². The number of nitrogens with one attached hydrogen (secondary N) is 1. The van der Waals surface area contributed by atoms with Crippen LogP contribution in [0.15, 0.2) is 40.9 Å². The molecule has 0 fully saturated rings. The fourth-order valence-electron chi connectivity index (χ4n) is 1.96. The molecule has 0 saturated carbocycles. The lowest BCUT2D eigenvalue weighted by molar-refractivity contribution is 0.0698. The summed E-state index contributed by atoms with van der Waals surface area (Å²) in [7, 11) is 0. The third kappa shape index (κ3) is 4.24. The number of anilines is 1. The molecule has 2 rings (SSSR count). The summed E-state index contributed by atoms with van der Waals surface area (Å²) in [4.78, 5) is 23.7. The fraction of sp³-hybridized carbons (Fsp3) is 0.125. The van der Waals surface area contributed by atoms with E-state index in [1.807, 2.05) is 6.92 Å². The SMILES string of the molecule is CCOc1ccc(Br)cc1C(=O)Nc1cc(Cl)ccc1C(=O)O. The summed E-state index contributed by atoms with van der Waals surface area (Å²) in [5, 5.41) is 12.1. The number of halogens is 2. The van der Waals surface area contributed by atoms with Gasteiger partial charge in [0.25, 0.3) is 5.91 Å². The molecule has 0 saturated heterocycles. The Morgan fingerprint density at radius 1 is 1.22 bits per heavy atom. The van der Waals surface area contributed by atoms with Gasteiger partial charge in [-0.05, 0) is 43.3 Å². The van der Waals surface area contributed by atoms with Gasteiger partial charge in [-0.25, -0.2) is 4.79 Å². The highest BCUT2D eigenvalue weighted by atomic mass is 79.9. The van der Waals surface area contributed by atoms with Gasteiger partial charge >= 0.3 is 5.97 Å². The minimum Gasteiger partial charge on any atom is -0.493 e. The molecule has 0 aliphatic rings. The predicted octanol–water partition coefficient (Wildman–Crippen LogP) is 4.45. The van der Waals surface area contributed by atoms with E-state index in [1.54, 1.807) is 18.2 Å². The number of carboxylic acid groups (broad SMARTS) is 1. The maximum Gasteiger partial charge on any atom is 0.337 e. The number of carbonyl (C=O) groups is 2. The van der Waals surface area contributed by atoms with Crippen molar-refractivity contribution in [1.29, 1.82) is 0 Å². The van der Waals surface area contributed by atoms with Crippen LogP contribution in [0.2, 0.25) is 5.02 Å². The standard InChI is InChI=1S/C16H13BrClNO4/c1-2-23-14-6-3-9(17)7-12(14)15(20)19-13-8-10(18)4-5-11(13)16(21)22/h3-8H,2H2,1H3,(H,19,20)(H,21,22). The molecule has 0 bridgehead atoms. The van der Waals surface area contributed by atoms with Gasteiger partial charge in [0.1, 0.15) is 5.75 Å². The zero-order valence-corrected chi connectivity index (χ0v) is 14.4. The van der Waals surface area contributed by atoms with Crippen molar-refractivity contribution in [3.8, 4) is 5.75 Å². The summed E-state index contributed by atoms with van der Waals surface area (Å²) in [5.41, 5.74) is 0.366. The Balaban J connectivity index is 2.38. The van der Waals surface area contributed by atoms with Gasteiger partial charge in [0.2, 0.25) is 0 Å². The lowest BCUT2D eigenvalue weighted by Gasteiger charge is -2.12. The number of rotatable bonds is 5. The van der Waals surface area contributed by atoms with Gasteiger partial charge < -0.3 is 15.2 Å². The van der Waals surface area contributed by atoms with Crippen LogP contribution < -0.4 is 10.1 Å². The first-order chi connectivity index (χ1) is 10.9. The zero-order valence-electron chi connectivity index (χ0n) is 12.1. The maximum absolute atomic E-state index is 12.5. The van der Waals surface area contributed by atoms with Crippen molar-refractivity contribution in [1.82, 2.24) is 0 Å². The summed E-state index contributed by atoms with van der Waals surface area (Å²) in [6.45, 7) is 2.21. The maximum atomic E-state index is 12.5. The Kier molecular flexibility index (Phi) is 5.63. The molecule has 2 N–H and O–H groups in total. The van der Waals surface area contributed by atoms with Gasteiger partial charge in [-0.1, -0.05) is 27.5 Å². The number of hydrogen-bond acceptors (Lipinski definition) is 3. The highest BCUT2D eigenvalue weighted by Gasteiger charge is 2.17. The Labute approximate surface area is 146 Å². The van der Waals surface area contributed by atoms with Crippen LogP contribution in [-0.4, -0.2) is 23.6 Å². The van der Waals surface area contributed by atoms with Gasteiger partial charge in [0.15, 0.2) is 0 Å². The van der Waals surface area contributed by atoms with Crippen molar-refractivity contribution >= 4 is 45.1 Å². The molecule has 2 aromatic carbocycles. The first-order valence-corrected chi connectivity index (χ1v) is 7.86. The Morgan fingerprint density at radius 2 is 1.96 bits per heavy atom.